The number of nitrogens with one attached hydrogen (secondary N) is 1. The highest BCUT2D eigenvalue weighted by atomic mass is 32.1. The molecule has 9 heteroatoms. The first-order chi connectivity index (χ1) is 12.5. The van der Waals surface area contributed by atoms with Crippen LogP contribution in [0.25, 0.3) is 6.08 Å². The molecule has 1 fully saturated rings. The summed E-state index contributed by atoms with van der Waals surface area (Å²) in [7, 11) is 1.87. The van der Waals surface area contributed by atoms with Gasteiger partial charge < -0.3 is 9.47 Å². The number of carbonyl (C=O) groups is 1. The van der Waals surface area contributed by atoms with Gasteiger partial charge in [0.1, 0.15) is 5.82 Å². The lowest BCUT2D eigenvalue weighted by atomic mass is 9.97. The number of piperidine rings is 1. The normalized spacial score (nSPS) is 17.6. The first kappa shape index (κ1) is 18.0. The van der Waals surface area contributed by atoms with Gasteiger partial charge in [0.15, 0.2) is 4.77 Å². The summed E-state index contributed by atoms with van der Waals surface area (Å²) in [4.78, 5) is 24.5. The molecule has 1 aliphatic heterocycles. The number of carbonyl (C=O) groups excluding carboxylic acids is 1. The maximum absolute atomic E-state index is 12.5. The predicted molar refractivity (Wildman–Crippen MR) is 99.1 cm³/mol. The second-order valence-electron chi connectivity index (χ2n) is 6.25. The molecule has 1 atom stereocenters. The Morgan fingerprint density at radius 3 is 2.77 bits per heavy atom. The maximum atomic E-state index is 12.5. The van der Waals surface area contributed by atoms with E-state index in [-0.39, 0.29) is 17.5 Å². The summed E-state index contributed by atoms with van der Waals surface area (Å²) in [5, 5.41) is 17.7. The molecule has 1 N–H and O–H groups in total. The summed E-state index contributed by atoms with van der Waals surface area (Å²) < 4.78 is 2.42. The summed E-state index contributed by atoms with van der Waals surface area (Å²) in [6.07, 6.45) is 5.04. The summed E-state index contributed by atoms with van der Waals surface area (Å²) in [6.45, 7) is 1.30. The molecule has 1 aliphatic rings. The number of hydrogen-bond acceptors (Lipinski definition) is 5. The molecule has 0 spiro atoms. The lowest BCUT2D eigenvalue weighted by molar-refractivity contribution is -0.384. The third-order valence-corrected chi connectivity index (χ3v) is 4.90. The van der Waals surface area contributed by atoms with Gasteiger partial charge in [-0.15, -0.1) is 0 Å². The van der Waals surface area contributed by atoms with Crippen molar-refractivity contribution in [2.45, 2.75) is 18.8 Å². The third kappa shape index (κ3) is 3.88. The summed E-state index contributed by atoms with van der Waals surface area (Å²) >= 11 is 5.16. The van der Waals surface area contributed by atoms with Gasteiger partial charge in [0.2, 0.25) is 5.91 Å². The number of hydrogen-bond donors (Lipinski definition) is 1. The average Bonchev–Trinajstić information content (AvgIpc) is 2.99. The number of likely N-dealkylation sites (tertiary alicyclic amines) is 1. The van der Waals surface area contributed by atoms with Crippen molar-refractivity contribution in [3.8, 4) is 0 Å². The molecule has 1 amide bonds. The number of H-pyrrole nitrogens is 1. The predicted octanol–water partition coefficient (Wildman–Crippen LogP) is 2.81. The zero-order valence-electron chi connectivity index (χ0n) is 14.3. The number of benzene rings is 1. The van der Waals surface area contributed by atoms with E-state index in [2.05, 4.69) is 10.2 Å². The van der Waals surface area contributed by atoms with E-state index in [1.54, 1.807) is 23.1 Å². The highest BCUT2D eigenvalue weighted by Gasteiger charge is 2.26. The summed E-state index contributed by atoms with van der Waals surface area (Å²) in [5.74, 6) is 0.940. The molecule has 2 heterocycles. The fourth-order valence-electron chi connectivity index (χ4n) is 3.09. The highest BCUT2D eigenvalue weighted by Crippen LogP contribution is 2.25. The largest absolute Gasteiger partial charge is 0.338 e. The molecule has 0 aliphatic carbocycles. The van der Waals surface area contributed by atoms with Crippen LogP contribution in [-0.4, -0.2) is 43.6 Å². The Morgan fingerprint density at radius 1 is 1.42 bits per heavy atom. The molecule has 1 aromatic heterocycles. The lowest BCUT2D eigenvalue weighted by Crippen LogP contribution is -2.38. The zero-order valence-corrected chi connectivity index (χ0v) is 15.1. The molecule has 2 aromatic rings. The van der Waals surface area contributed by atoms with Crippen molar-refractivity contribution in [1.29, 1.82) is 0 Å². The van der Waals surface area contributed by atoms with Crippen molar-refractivity contribution in [1.82, 2.24) is 19.7 Å². The van der Waals surface area contributed by atoms with Crippen LogP contribution >= 0.6 is 12.2 Å². The first-order valence-electron chi connectivity index (χ1n) is 8.28. The zero-order chi connectivity index (χ0) is 18.7. The number of aromatic amines is 1. The topological polar surface area (TPSA) is 97.1 Å². The molecular formula is C17H19N5O3S. The van der Waals surface area contributed by atoms with Crippen molar-refractivity contribution in [2.24, 2.45) is 7.05 Å². The Labute approximate surface area is 155 Å². The van der Waals surface area contributed by atoms with Crippen molar-refractivity contribution >= 4 is 29.9 Å². The highest BCUT2D eigenvalue weighted by molar-refractivity contribution is 7.71. The molecule has 8 nitrogen and oxygen atoms in total. The summed E-state index contributed by atoms with van der Waals surface area (Å²) in [6, 6.07) is 6.08. The molecule has 1 saturated heterocycles. The number of non-ortho nitro benzene ring substituents is 1. The van der Waals surface area contributed by atoms with Crippen LogP contribution in [0.4, 0.5) is 5.69 Å². The number of aromatic nitrogens is 3. The van der Waals surface area contributed by atoms with E-state index < -0.39 is 4.92 Å². The van der Waals surface area contributed by atoms with E-state index in [0.29, 0.717) is 17.9 Å². The molecule has 26 heavy (non-hydrogen) atoms. The fraction of sp³-hybridized carbons (Fsp3) is 0.353. The standard InChI is InChI=1S/C17H19N5O3S/c1-20-16(18-19-17(20)26)13-3-2-10-21(11-13)15(23)9-6-12-4-7-14(8-5-12)22(24)25/h4-9,13H,2-3,10-11H2,1H3,(H,19,26)/b9-6+. The van der Waals surface area contributed by atoms with Crippen LogP contribution in [0, 0.1) is 14.9 Å². The minimum Gasteiger partial charge on any atom is -0.338 e. The van der Waals surface area contributed by atoms with Crippen LogP contribution < -0.4 is 0 Å². The average molecular weight is 373 g/mol. The molecule has 1 aromatic carbocycles. The Morgan fingerprint density at radius 2 is 2.15 bits per heavy atom. The maximum Gasteiger partial charge on any atom is 0.269 e. The molecule has 0 bridgehead atoms. The second kappa shape index (κ2) is 7.61. The van der Waals surface area contributed by atoms with Crippen LogP contribution in [-0.2, 0) is 11.8 Å². The Balaban J connectivity index is 1.66. The monoisotopic (exact) mass is 373 g/mol. The first-order valence-corrected chi connectivity index (χ1v) is 8.69. The van der Waals surface area contributed by atoms with Crippen LogP contribution in [0.5, 0.6) is 0 Å². The van der Waals surface area contributed by atoms with Gasteiger partial charge >= 0.3 is 0 Å². The Hall–Kier alpha value is -2.81. The van der Waals surface area contributed by atoms with Gasteiger partial charge in [0, 0.05) is 44.3 Å². The number of nitro benzene ring substituents is 1. The molecule has 0 radical (unpaired) electrons. The number of rotatable bonds is 4. The van der Waals surface area contributed by atoms with E-state index in [1.807, 2.05) is 11.6 Å². The van der Waals surface area contributed by atoms with Gasteiger partial charge in [-0.05, 0) is 48.8 Å². The fourth-order valence-corrected chi connectivity index (χ4v) is 3.23. The van der Waals surface area contributed by atoms with Crippen molar-refractivity contribution < 1.29 is 9.72 Å². The van der Waals surface area contributed by atoms with Crippen molar-refractivity contribution in [2.75, 3.05) is 13.1 Å². The minimum absolute atomic E-state index is 0.0281. The molecule has 1 unspecified atom stereocenters. The Kier molecular flexibility index (Phi) is 5.27. The van der Waals surface area contributed by atoms with E-state index >= 15 is 0 Å². The van der Waals surface area contributed by atoms with Gasteiger partial charge in [-0.3, -0.25) is 20.0 Å². The van der Waals surface area contributed by atoms with Crippen LogP contribution in [0.15, 0.2) is 30.3 Å². The Bertz CT molecular complexity index is 900. The molecule has 0 saturated carbocycles. The lowest BCUT2D eigenvalue weighted by Gasteiger charge is -2.31. The van der Waals surface area contributed by atoms with E-state index in [4.69, 9.17) is 12.2 Å². The van der Waals surface area contributed by atoms with Crippen molar-refractivity contribution in [3.05, 3.63) is 56.6 Å². The van der Waals surface area contributed by atoms with Gasteiger partial charge in [-0.1, -0.05) is 0 Å². The number of nitrogens with zero attached hydrogens (tertiary/aromatic N) is 4. The van der Waals surface area contributed by atoms with Gasteiger partial charge in [0.25, 0.3) is 5.69 Å². The van der Waals surface area contributed by atoms with Crippen LogP contribution in [0.3, 0.4) is 0 Å². The quantitative estimate of drug-likeness (QED) is 0.385. The van der Waals surface area contributed by atoms with E-state index in [1.165, 1.54) is 18.2 Å². The smallest absolute Gasteiger partial charge is 0.269 e. The molecule has 3 rings (SSSR count). The second-order valence-corrected chi connectivity index (χ2v) is 6.64. The molecule has 136 valence electrons. The van der Waals surface area contributed by atoms with Gasteiger partial charge in [0.05, 0.1) is 4.92 Å². The van der Waals surface area contributed by atoms with Crippen molar-refractivity contribution in [3.63, 3.8) is 0 Å². The van der Waals surface area contributed by atoms with E-state index in [9.17, 15) is 14.9 Å². The number of nitro groups is 1. The van der Waals surface area contributed by atoms with E-state index in [0.717, 1.165) is 24.2 Å². The number of amides is 1. The minimum atomic E-state index is -0.449. The van der Waals surface area contributed by atoms with Gasteiger partial charge in [-0.2, -0.15) is 5.10 Å². The van der Waals surface area contributed by atoms with Crippen LogP contribution in [0.1, 0.15) is 30.1 Å². The van der Waals surface area contributed by atoms with Crippen LogP contribution in [0.2, 0.25) is 0 Å². The van der Waals surface area contributed by atoms with Gasteiger partial charge in [-0.25, -0.2) is 0 Å². The third-order valence-electron chi connectivity index (χ3n) is 4.53. The SMILES string of the molecule is Cn1c(C2CCCN(C(=O)/C=C/c3ccc([N+](=O)[O-])cc3)C2)n[nH]c1=S. The molecular weight excluding hydrogens is 354 g/mol. The summed E-state index contributed by atoms with van der Waals surface area (Å²) in [5.41, 5.74) is 0.771.